The van der Waals surface area contributed by atoms with Crippen LogP contribution in [0.4, 0.5) is 0 Å². The highest BCUT2D eigenvalue weighted by Gasteiger charge is 2.18. The lowest BCUT2D eigenvalue weighted by molar-refractivity contribution is 0.333. The van der Waals surface area contributed by atoms with Crippen molar-refractivity contribution in [2.45, 2.75) is 78.2 Å². The molecule has 0 amide bonds. The summed E-state index contributed by atoms with van der Waals surface area (Å²) < 4.78 is 0. The van der Waals surface area contributed by atoms with Gasteiger partial charge in [0.25, 0.3) is 0 Å². The predicted molar refractivity (Wildman–Crippen MR) is 72.7 cm³/mol. The lowest BCUT2D eigenvalue weighted by Crippen LogP contribution is -2.34. The van der Waals surface area contributed by atoms with Gasteiger partial charge in [-0.05, 0) is 51.0 Å². The minimum absolute atomic E-state index is 0.741. The molecule has 1 rings (SSSR count). The third-order valence-corrected chi connectivity index (χ3v) is 4.03. The van der Waals surface area contributed by atoms with Crippen LogP contribution in [0.15, 0.2) is 0 Å². The van der Waals surface area contributed by atoms with Gasteiger partial charge in [-0.25, -0.2) is 0 Å². The van der Waals surface area contributed by atoms with Crippen LogP contribution < -0.4 is 5.32 Å². The normalized spacial score (nSPS) is 21.0. The lowest BCUT2D eigenvalue weighted by Gasteiger charge is -2.23. The monoisotopic (exact) mass is 225 g/mol. The van der Waals surface area contributed by atoms with E-state index in [0.717, 1.165) is 17.9 Å². The molecule has 1 N–H and O–H groups in total. The molecular weight excluding hydrogens is 194 g/mol. The van der Waals surface area contributed by atoms with Crippen molar-refractivity contribution < 1.29 is 0 Å². The summed E-state index contributed by atoms with van der Waals surface area (Å²) in [5.74, 6) is 1.80. The highest BCUT2D eigenvalue weighted by molar-refractivity contribution is 4.74. The van der Waals surface area contributed by atoms with Gasteiger partial charge in [0.05, 0.1) is 0 Å². The third-order valence-electron chi connectivity index (χ3n) is 4.03. The fourth-order valence-electron chi connectivity index (χ4n) is 2.82. The van der Waals surface area contributed by atoms with Crippen molar-refractivity contribution >= 4 is 0 Å². The second-order valence-electron chi connectivity index (χ2n) is 6.03. The average molecular weight is 225 g/mol. The molecule has 96 valence electrons. The Labute approximate surface area is 102 Å². The second kappa shape index (κ2) is 8.11. The fraction of sp³-hybridized carbons (Fsp3) is 1.00. The largest absolute Gasteiger partial charge is 0.314 e. The predicted octanol–water partition coefficient (Wildman–Crippen LogP) is 4.37. The summed E-state index contributed by atoms with van der Waals surface area (Å²) in [7, 11) is 0. The zero-order valence-corrected chi connectivity index (χ0v) is 11.6. The lowest BCUT2D eigenvalue weighted by atomic mass is 9.93. The van der Waals surface area contributed by atoms with Crippen LogP contribution in [0.25, 0.3) is 0 Å². The van der Waals surface area contributed by atoms with Gasteiger partial charge in [0, 0.05) is 6.04 Å². The van der Waals surface area contributed by atoms with E-state index in [-0.39, 0.29) is 0 Å². The van der Waals surface area contributed by atoms with E-state index in [0.29, 0.717) is 0 Å². The SMILES string of the molecule is CC(C)CCCN[C@@H](C)C1CCCCCC1. The minimum atomic E-state index is 0.741. The molecule has 1 heteroatoms. The Kier molecular flexibility index (Phi) is 7.11. The summed E-state index contributed by atoms with van der Waals surface area (Å²) in [6, 6.07) is 0.741. The highest BCUT2D eigenvalue weighted by atomic mass is 14.9. The second-order valence-corrected chi connectivity index (χ2v) is 6.03. The van der Waals surface area contributed by atoms with E-state index in [1.807, 2.05) is 0 Å². The Morgan fingerprint density at radius 3 is 2.19 bits per heavy atom. The van der Waals surface area contributed by atoms with Crippen molar-refractivity contribution in [2.75, 3.05) is 6.54 Å². The van der Waals surface area contributed by atoms with Crippen LogP contribution in [0.5, 0.6) is 0 Å². The van der Waals surface area contributed by atoms with Crippen molar-refractivity contribution in [2.24, 2.45) is 11.8 Å². The zero-order valence-electron chi connectivity index (χ0n) is 11.6. The Bertz CT molecular complexity index is 157. The van der Waals surface area contributed by atoms with E-state index in [4.69, 9.17) is 0 Å². The number of hydrogen-bond acceptors (Lipinski definition) is 1. The molecule has 0 unspecified atom stereocenters. The standard InChI is InChI=1S/C15H31N/c1-13(2)9-8-12-16-14(3)15-10-6-4-5-7-11-15/h13-16H,4-12H2,1-3H3/t14-/m0/s1. The molecule has 0 bridgehead atoms. The van der Waals surface area contributed by atoms with Crippen molar-refractivity contribution in [1.29, 1.82) is 0 Å². The van der Waals surface area contributed by atoms with E-state index in [1.54, 1.807) is 0 Å². The van der Waals surface area contributed by atoms with Crippen LogP contribution in [0.1, 0.15) is 72.1 Å². The Morgan fingerprint density at radius 1 is 1.00 bits per heavy atom. The van der Waals surface area contributed by atoms with Crippen LogP contribution in [-0.2, 0) is 0 Å². The molecule has 0 spiro atoms. The Hall–Kier alpha value is -0.0400. The quantitative estimate of drug-likeness (QED) is 0.523. The molecule has 1 atom stereocenters. The minimum Gasteiger partial charge on any atom is -0.314 e. The van der Waals surface area contributed by atoms with Crippen molar-refractivity contribution in [1.82, 2.24) is 5.32 Å². The molecule has 0 saturated heterocycles. The molecule has 0 aliphatic heterocycles. The molecule has 1 nitrogen and oxygen atoms in total. The Morgan fingerprint density at radius 2 is 1.62 bits per heavy atom. The summed E-state index contributed by atoms with van der Waals surface area (Å²) in [5, 5.41) is 3.74. The number of hydrogen-bond donors (Lipinski definition) is 1. The van der Waals surface area contributed by atoms with Gasteiger partial charge >= 0.3 is 0 Å². The summed E-state index contributed by atoms with van der Waals surface area (Å²) in [4.78, 5) is 0. The van der Waals surface area contributed by atoms with Gasteiger partial charge in [-0.3, -0.25) is 0 Å². The molecule has 1 saturated carbocycles. The maximum atomic E-state index is 3.74. The van der Waals surface area contributed by atoms with Gasteiger partial charge in [-0.15, -0.1) is 0 Å². The molecule has 0 radical (unpaired) electrons. The van der Waals surface area contributed by atoms with Crippen LogP contribution in [-0.4, -0.2) is 12.6 Å². The van der Waals surface area contributed by atoms with Gasteiger partial charge in [-0.1, -0.05) is 39.5 Å². The van der Waals surface area contributed by atoms with Crippen LogP contribution in [0.3, 0.4) is 0 Å². The van der Waals surface area contributed by atoms with Gasteiger partial charge in [0.2, 0.25) is 0 Å². The summed E-state index contributed by atoms with van der Waals surface area (Å²) >= 11 is 0. The summed E-state index contributed by atoms with van der Waals surface area (Å²) in [6.45, 7) is 8.24. The average Bonchev–Trinajstić information content (AvgIpc) is 2.52. The molecular formula is C15H31N. The third kappa shape index (κ3) is 5.89. The van der Waals surface area contributed by atoms with E-state index >= 15 is 0 Å². The molecule has 1 aliphatic rings. The number of rotatable bonds is 6. The van der Waals surface area contributed by atoms with E-state index < -0.39 is 0 Å². The smallest absolute Gasteiger partial charge is 0.00669 e. The van der Waals surface area contributed by atoms with E-state index in [2.05, 4.69) is 26.1 Å². The molecule has 0 heterocycles. The van der Waals surface area contributed by atoms with Gasteiger partial charge in [0.15, 0.2) is 0 Å². The van der Waals surface area contributed by atoms with Crippen LogP contribution >= 0.6 is 0 Å². The van der Waals surface area contributed by atoms with Crippen LogP contribution in [0.2, 0.25) is 0 Å². The first kappa shape index (κ1) is 14.0. The van der Waals surface area contributed by atoms with E-state index in [9.17, 15) is 0 Å². The zero-order chi connectivity index (χ0) is 11.8. The number of nitrogens with one attached hydrogen (secondary N) is 1. The first-order chi connectivity index (χ1) is 7.70. The maximum Gasteiger partial charge on any atom is 0.00669 e. The molecule has 0 aromatic rings. The molecule has 16 heavy (non-hydrogen) atoms. The van der Waals surface area contributed by atoms with Crippen LogP contribution in [0, 0.1) is 11.8 Å². The van der Waals surface area contributed by atoms with E-state index in [1.165, 1.54) is 57.9 Å². The Balaban J connectivity index is 2.10. The van der Waals surface area contributed by atoms with Gasteiger partial charge in [-0.2, -0.15) is 0 Å². The van der Waals surface area contributed by atoms with Gasteiger partial charge in [0.1, 0.15) is 0 Å². The van der Waals surface area contributed by atoms with Crippen molar-refractivity contribution in [3.05, 3.63) is 0 Å². The first-order valence-electron chi connectivity index (χ1n) is 7.43. The summed E-state index contributed by atoms with van der Waals surface area (Å²) in [5.41, 5.74) is 0. The van der Waals surface area contributed by atoms with Gasteiger partial charge < -0.3 is 5.32 Å². The molecule has 1 fully saturated rings. The topological polar surface area (TPSA) is 12.0 Å². The molecule has 1 aliphatic carbocycles. The summed E-state index contributed by atoms with van der Waals surface area (Å²) in [6.07, 6.45) is 11.5. The fourth-order valence-corrected chi connectivity index (χ4v) is 2.82. The molecule has 0 aromatic heterocycles. The van der Waals surface area contributed by atoms with Crippen molar-refractivity contribution in [3.63, 3.8) is 0 Å². The first-order valence-corrected chi connectivity index (χ1v) is 7.43. The maximum absolute atomic E-state index is 3.74. The van der Waals surface area contributed by atoms with Crippen molar-refractivity contribution in [3.8, 4) is 0 Å². The molecule has 0 aromatic carbocycles. The highest BCUT2D eigenvalue weighted by Crippen LogP contribution is 2.25.